The minimum Gasteiger partial charge on any atom is -0.426 e. The van der Waals surface area contributed by atoms with Crippen LogP contribution in [0.25, 0.3) is 0 Å². The standard InChI is InChI=1S/C18H20ClN3O2/c1-2-13-11-15(6-7-16(13)19)24-17(23)14-5-3-10-22(12-14)18-20-8-4-9-21-18/h4,6-9,11,14H,2-3,5,10,12H2,1H3. The second kappa shape index (κ2) is 7.62. The molecule has 3 rings (SSSR count). The molecule has 6 heteroatoms. The van der Waals surface area contributed by atoms with Crippen LogP contribution in [0.15, 0.2) is 36.7 Å². The molecule has 1 unspecified atom stereocenters. The molecule has 0 spiro atoms. The monoisotopic (exact) mass is 345 g/mol. The fraction of sp³-hybridized carbons (Fsp3) is 0.389. The fourth-order valence-corrected chi connectivity index (χ4v) is 3.14. The lowest BCUT2D eigenvalue weighted by Crippen LogP contribution is -2.41. The van der Waals surface area contributed by atoms with E-state index in [-0.39, 0.29) is 11.9 Å². The van der Waals surface area contributed by atoms with Gasteiger partial charge < -0.3 is 9.64 Å². The van der Waals surface area contributed by atoms with Gasteiger partial charge in [-0.2, -0.15) is 0 Å². The molecule has 1 aromatic heterocycles. The SMILES string of the molecule is CCc1cc(OC(=O)C2CCCN(c3ncccn3)C2)ccc1Cl. The maximum atomic E-state index is 12.5. The number of carbonyl (C=O) groups is 1. The van der Waals surface area contributed by atoms with E-state index in [1.54, 1.807) is 30.6 Å². The Kier molecular flexibility index (Phi) is 5.30. The normalized spacial score (nSPS) is 17.6. The summed E-state index contributed by atoms with van der Waals surface area (Å²) in [6.45, 7) is 3.46. The van der Waals surface area contributed by atoms with Gasteiger partial charge in [-0.3, -0.25) is 4.79 Å². The molecule has 1 saturated heterocycles. The zero-order valence-electron chi connectivity index (χ0n) is 13.6. The smallest absolute Gasteiger partial charge is 0.316 e. The van der Waals surface area contributed by atoms with Crippen molar-refractivity contribution in [3.05, 3.63) is 47.2 Å². The molecule has 1 aliphatic rings. The van der Waals surface area contributed by atoms with Gasteiger partial charge >= 0.3 is 5.97 Å². The van der Waals surface area contributed by atoms with Crippen LogP contribution in [-0.4, -0.2) is 29.0 Å². The molecule has 2 aromatic rings. The number of aromatic nitrogens is 2. The maximum Gasteiger partial charge on any atom is 0.316 e. The highest BCUT2D eigenvalue weighted by Crippen LogP contribution is 2.25. The van der Waals surface area contributed by atoms with Crippen LogP contribution >= 0.6 is 11.6 Å². The average molecular weight is 346 g/mol. The number of carbonyl (C=O) groups excluding carboxylic acids is 1. The molecule has 1 fully saturated rings. The van der Waals surface area contributed by atoms with E-state index in [1.165, 1.54) is 0 Å². The van der Waals surface area contributed by atoms with Crippen molar-refractivity contribution in [1.82, 2.24) is 9.97 Å². The Hall–Kier alpha value is -2.14. The first-order chi connectivity index (χ1) is 11.7. The van der Waals surface area contributed by atoms with Crippen molar-refractivity contribution < 1.29 is 9.53 Å². The molecule has 1 aliphatic heterocycles. The van der Waals surface area contributed by atoms with Crippen molar-refractivity contribution in [2.24, 2.45) is 5.92 Å². The molecular weight excluding hydrogens is 326 g/mol. The Morgan fingerprint density at radius 3 is 2.92 bits per heavy atom. The van der Waals surface area contributed by atoms with E-state index in [2.05, 4.69) is 9.97 Å². The third kappa shape index (κ3) is 3.85. The first-order valence-corrected chi connectivity index (χ1v) is 8.57. The second-order valence-electron chi connectivity index (χ2n) is 5.86. The van der Waals surface area contributed by atoms with Gasteiger partial charge in [0, 0.05) is 30.5 Å². The molecular formula is C18H20ClN3O2. The Bertz CT molecular complexity index is 709. The van der Waals surface area contributed by atoms with Gasteiger partial charge in [0.25, 0.3) is 0 Å². The zero-order chi connectivity index (χ0) is 16.9. The number of piperidine rings is 1. The van der Waals surface area contributed by atoms with Gasteiger partial charge in [0.1, 0.15) is 5.75 Å². The van der Waals surface area contributed by atoms with E-state index in [4.69, 9.17) is 16.3 Å². The van der Waals surface area contributed by atoms with E-state index < -0.39 is 0 Å². The van der Waals surface area contributed by atoms with E-state index in [0.29, 0.717) is 23.3 Å². The van der Waals surface area contributed by atoms with Crippen LogP contribution in [0.4, 0.5) is 5.95 Å². The molecule has 0 radical (unpaired) electrons. The molecule has 0 saturated carbocycles. The molecule has 24 heavy (non-hydrogen) atoms. The number of esters is 1. The summed E-state index contributed by atoms with van der Waals surface area (Å²) in [7, 11) is 0. The highest BCUT2D eigenvalue weighted by atomic mass is 35.5. The number of benzene rings is 1. The topological polar surface area (TPSA) is 55.3 Å². The summed E-state index contributed by atoms with van der Waals surface area (Å²) in [5.74, 6) is 0.826. The number of hydrogen-bond acceptors (Lipinski definition) is 5. The van der Waals surface area contributed by atoms with Gasteiger partial charge in [0.2, 0.25) is 5.95 Å². The summed E-state index contributed by atoms with van der Waals surface area (Å²) in [5, 5.41) is 0.697. The van der Waals surface area contributed by atoms with Crippen LogP contribution < -0.4 is 9.64 Å². The predicted octanol–water partition coefficient (Wildman–Crippen LogP) is 3.51. The van der Waals surface area contributed by atoms with Crippen LogP contribution in [0, 0.1) is 5.92 Å². The highest BCUT2D eigenvalue weighted by Gasteiger charge is 2.28. The minimum absolute atomic E-state index is 0.177. The summed E-state index contributed by atoms with van der Waals surface area (Å²) in [5.41, 5.74) is 0.977. The average Bonchev–Trinajstić information content (AvgIpc) is 2.64. The number of aryl methyl sites for hydroxylation is 1. The van der Waals surface area contributed by atoms with Gasteiger partial charge in [-0.05, 0) is 49.1 Å². The van der Waals surface area contributed by atoms with Crippen molar-refractivity contribution in [1.29, 1.82) is 0 Å². The first-order valence-electron chi connectivity index (χ1n) is 8.19. The number of anilines is 1. The minimum atomic E-state index is -0.208. The predicted molar refractivity (Wildman–Crippen MR) is 93.4 cm³/mol. The van der Waals surface area contributed by atoms with Crippen LogP contribution in [0.3, 0.4) is 0 Å². The second-order valence-corrected chi connectivity index (χ2v) is 6.27. The van der Waals surface area contributed by atoms with Crippen molar-refractivity contribution >= 4 is 23.5 Å². The number of rotatable bonds is 4. The third-order valence-corrected chi connectivity index (χ3v) is 4.57. The van der Waals surface area contributed by atoms with Crippen LogP contribution in [0.2, 0.25) is 5.02 Å². The first kappa shape index (κ1) is 16.7. The van der Waals surface area contributed by atoms with E-state index in [9.17, 15) is 4.79 Å². The molecule has 1 atom stereocenters. The summed E-state index contributed by atoms with van der Waals surface area (Å²) >= 11 is 6.11. The van der Waals surface area contributed by atoms with E-state index in [0.717, 1.165) is 31.4 Å². The number of nitrogens with zero attached hydrogens (tertiary/aromatic N) is 3. The Morgan fingerprint density at radius 2 is 2.17 bits per heavy atom. The highest BCUT2D eigenvalue weighted by molar-refractivity contribution is 6.31. The summed E-state index contributed by atoms with van der Waals surface area (Å²) in [4.78, 5) is 23.1. The lowest BCUT2D eigenvalue weighted by atomic mass is 9.98. The lowest BCUT2D eigenvalue weighted by Gasteiger charge is -2.31. The molecule has 0 aliphatic carbocycles. The van der Waals surface area contributed by atoms with Gasteiger partial charge in [-0.25, -0.2) is 9.97 Å². The van der Waals surface area contributed by atoms with Crippen molar-refractivity contribution in [2.75, 3.05) is 18.0 Å². The molecule has 126 valence electrons. The Labute approximate surface area is 146 Å². The number of hydrogen-bond donors (Lipinski definition) is 0. The van der Waals surface area contributed by atoms with Gasteiger partial charge in [-0.1, -0.05) is 18.5 Å². The van der Waals surface area contributed by atoms with Crippen molar-refractivity contribution in [3.8, 4) is 5.75 Å². The molecule has 0 amide bonds. The molecule has 2 heterocycles. The molecule has 5 nitrogen and oxygen atoms in total. The third-order valence-electron chi connectivity index (χ3n) is 4.21. The van der Waals surface area contributed by atoms with E-state index in [1.807, 2.05) is 17.9 Å². The summed E-state index contributed by atoms with van der Waals surface area (Å²) in [6, 6.07) is 7.13. The van der Waals surface area contributed by atoms with Gasteiger partial charge in [0.15, 0.2) is 0 Å². The number of ether oxygens (including phenoxy) is 1. The summed E-state index contributed by atoms with van der Waals surface area (Å²) in [6.07, 6.45) is 5.95. The fourth-order valence-electron chi connectivity index (χ4n) is 2.89. The van der Waals surface area contributed by atoms with Crippen molar-refractivity contribution in [3.63, 3.8) is 0 Å². The number of halogens is 1. The van der Waals surface area contributed by atoms with Crippen LogP contribution in [0.1, 0.15) is 25.3 Å². The summed E-state index contributed by atoms with van der Waals surface area (Å²) < 4.78 is 5.57. The van der Waals surface area contributed by atoms with Gasteiger partial charge in [-0.15, -0.1) is 0 Å². The molecule has 1 aromatic carbocycles. The zero-order valence-corrected chi connectivity index (χ0v) is 14.4. The van der Waals surface area contributed by atoms with Crippen LogP contribution in [-0.2, 0) is 11.2 Å². The van der Waals surface area contributed by atoms with Gasteiger partial charge in [0.05, 0.1) is 5.92 Å². The molecule has 0 bridgehead atoms. The van der Waals surface area contributed by atoms with Crippen LogP contribution in [0.5, 0.6) is 5.75 Å². The largest absolute Gasteiger partial charge is 0.426 e. The van der Waals surface area contributed by atoms with E-state index >= 15 is 0 Å². The van der Waals surface area contributed by atoms with Crippen molar-refractivity contribution in [2.45, 2.75) is 26.2 Å². The molecule has 0 N–H and O–H groups in total. The Morgan fingerprint density at radius 1 is 1.38 bits per heavy atom. The maximum absolute atomic E-state index is 12.5. The lowest BCUT2D eigenvalue weighted by molar-refractivity contribution is -0.139. The quantitative estimate of drug-likeness (QED) is 0.627. The Balaban J connectivity index is 1.66.